The molecule has 1 fully saturated rings. The highest BCUT2D eigenvalue weighted by atomic mass is 35.5. The molecule has 24 heavy (non-hydrogen) atoms. The van der Waals surface area contributed by atoms with Crippen LogP contribution >= 0.6 is 24.2 Å². The Labute approximate surface area is 155 Å². The summed E-state index contributed by atoms with van der Waals surface area (Å²) in [6, 6.07) is 10.2. The van der Waals surface area contributed by atoms with Gasteiger partial charge in [0, 0.05) is 25.7 Å². The van der Waals surface area contributed by atoms with Crippen LogP contribution in [0.5, 0.6) is 0 Å². The first-order valence-corrected chi connectivity index (χ1v) is 9.42. The van der Waals surface area contributed by atoms with Crippen LogP contribution < -0.4 is 5.32 Å². The molecule has 1 saturated heterocycles. The minimum Gasteiger partial charge on any atom is -0.351 e. The van der Waals surface area contributed by atoms with Gasteiger partial charge < -0.3 is 5.32 Å². The number of nitrogens with one attached hydrogen (secondary N) is 1. The van der Waals surface area contributed by atoms with E-state index >= 15 is 0 Å². The van der Waals surface area contributed by atoms with Gasteiger partial charge in [-0.2, -0.15) is 17.0 Å². The predicted molar refractivity (Wildman–Crippen MR) is 102 cm³/mol. The number of amides is 1. The maximum Gasteiger partial charge on any atom is 0.230 e. The topological polar surface area (TPSA) is 56.1 Å². The largest absolute Gasteiger partial charge is 0.351 e. The number of halogens is 1. The van der Waals surface area contributed by atoms with Gasteiger partial charge in [0.15, 0.2) is 0 Å². The zero-order valence-corrected chi connectivity index (χ0v) is 16.1. The summed E-state index contributed by atoms with van der Waals surface area (Å²) in [5.41, 5.74) is 1.86. The molecule has 1 aliphatic rings. The van der Waals surface area contributed by atoms with Gasteiger partial charge in [-0.3, -0.25) is 9.69 Å². The van der Waals surface area contributed by atoms with E-state index < -0.39 is 0 Å². The van der Waals surface area contributed by atoms with Crippen LogP contribution in [-0.4, -0.2) is 41.9 Å². The summed E-state index contributed by atoms with van der Waals surface area (Å²) in [6.45, 7) is 7.13. The van der Waals surface area contributed by atoms with Crippen molar-refractivity contribution < 1.29 is 4.79 Å². The van der Waals surface area contributed by atoms with Crippen LogP contribution in [0, 0.1) is 23.2 Å². The lowest BCUT2D eigenvalue weighted by Crippen LogP contribution is -2.42. The fourth-order valence-corrected chi connectivity index (χ4v) is 3.59. The molecule has 1 aromatic carbocycles. The van der Waals surface area contributed by atoms with Gasteiger partial charge >= 0.3 is 0 Å². The Morgan fingerprint density at radius 2 is 2.21 bits per heavy atom. The summed E-state index contributed by atoms with van der Waals surface area (Å²) in [5.74, 6) is 1.65. The van der Waals surface area contributed by atoms with Crippen LogP contribution in [0.25, 0.3) is 0 Å². The Bertz CT molecular complexity index is 588. The quantitative estimate of drug-likeness (QED) is 0.839. The number of rotatable bonds is 6. The van der Waals surface area contributed by atoms with Crippen LogP contribution in [0.4, 0.5) is 0 Å². The Morgan fingerprint density at radius 1 is 1.46 bits per heavy atom. The maximum absolute atomic E-state index is 11.9. The second kappa shape index (κ2) is 9.93. The van der Waals surface area contributed by atoms with Crippen LogP contribution in [-0.2, 0) is 11.3 Å². The number of hydrogen-bond donors (Lipinski definition) is 1. The normalized spacial score (nSPS) is 20.5. The minimum atomic E-state index is 0. The van der Waals surface area contributed by atoms with E-state index in [2.05, 4.69) is 36.2 Å². The fourth-order valence-electron chi connectivity index (χ4n) is 3.25. The Hall–Kier alpha value is -1.22. The van der Waals surface area contributed by atoms with Gasteiger partial charge in [0.25, 0.3) is 0 Å². The van der Waals surface area contributed by atoms with Gasteiger partial charge in [-0.25, -0.2) is 0 Å². The van der Waals surface area contributed by atoms with E-state index in [4.69, 9.17) is 5.26 Å². The number of carbonyl (C=O) groups excluding carboxylic acids is 1. The van der Waals surface area contributed by atoms with E-state index in [1.54, 1.807) is 11.8 Å². The van der Waals surface area contributed by atoms with Crippen molar-refractivity contribution in [3.05, 3.63) is 35.4 Å². The zero-order valence-electron chi connectivity index (χ0n) is 14.5. The van der Waals surface area contributed by atoms with Crippen molar-refractivity contribution in [2.75, 3.05) is 25.1 Å². The third kappa shape index (κ3) is 5.70. The van der Waals surface area contributed by atoms with Crippen molar-refractivity contribution in [2.45, 2.75) is 26.4 Å². The van der Waals surface area contributed by atoms with Crippen molar-refractivity contribution in [3.8, 4) is 6.07 Å². The van der Waals surface area contributed by atoms with Crippen LogP contribution in [0.3, 0.4) is 0 Å². The van der Waals surface area contributed by atoms with E-state index in [0.29, 0.717) is 23.2 Å². The van der Waals surface area contributed by atoms with Gasteiger partial charge in [0.05, 0.1) is 17.4 Å². The smallest absolute Gasteiger partial charge is 0.230 e. The van der Waals surface area contributed by atoms with E-state index in [-0.39, 0.29) is 24.4 Å². The summed E-state index contributed by atoms with van der Waals surface area (Å²) in [7, 11) is 0. The molecule has 0 aliphatic carbocycles. The van der Waals surface area contributed by atoms with Crippen molar-refractivity contribution in [1.82, 2.24) is 10.2 Å². The number of carbonyl (C=O) groups is 1. The number of benzene rings is 1. The molecule has 1 amide bonds. The molecule has 1 heterocycles. The van der Waals surface area contributed by atoms with Crippen molar-refractivity contribution >= 4 is 30.1 Å². The molecule has 0 saturated carbocycles. The van der Waals surface area contributed by atoms with E-state index in [1.807, 2.05) is 24.5 Å². The lowest BCUT2D eigenvalue weighted by molar-refractivity contribution is -0.119. The standard InChI is InChI=1S/C18H25N3OS.ClH/c1-13(2)16-10-21(11-17(16)20-18(22)12-23-3)9-15-6-4-5-14(7-15)8-19;/h4-7,13,16-17H,9-12H2,1-3H3,(H,20,22);1H/t16-,17+;/m1./s1. The molecular weight excluding hydrogens is 342 g/mol. The zero-order chi connectivity index (χ0) is 16.8. The van der Waals surface area contributed by atoms with Crippen LogP contribution in [0.15, 0.2) is 24.3 Å². The molecule has 0 radical (unpaired) electrons. The molecule has 0 spiro atoms. The molecule has 1 aliphatic heterocycles. The van der Waals surface area contributed by atoms with Gasteiger partial charge in [-0.15, -0.1) is 12.4 Å². The monoisotopic (exact) mass is 367 g/mol. The molecule has 0 bridgehead atoms. The SMILES string of the molecule is CSCC(=O)N[C@H]1CN(Cc2cccc(C#N)c2)C[C@@H]1C(C)C.Cl. The first-order valence-electron chi connectivity index (χ1n) is 8.03. The summed E-state index contributed by atoms with van der Waals surface area (Å²) in [6.07, 6.45) is 1.95. The first kappa shape index (κ1) is 20.8. The van der Waals surface area contributed by atoms with E-state index in [1.165, 1.54) is 0 Å². The number of nitrogens with zero attached hydrogens (tertiary/aromatic N) is 2. The highest BCUT2D eigenvalue weighted by molar-refractivity contribution is 7.99. The van der Waals surface area contributed by atoms with Gasteiger partial charge in [0.2, 0.25) is 5.91 Å². The minimum absolute atomic E-state index is 0. The van der Waals surface area contributed by atoms with Crippen molar-refractivity contribution in [1.29, 1.82) is 5.26 Å². The molecule has 0 aromatic heterocycles. The molecule has 1 aromatic rings. The Balaban J connectivity index is 0.00000288. The van der Waals surface area contributed by atoms with Crippen molar-refractivity contribution in [3.63, 3.8) is 0 Å². The molecule has 1 N–H and O–H groups in total. The van der Waals surface area contributed by atoms with Gasteiger partial charge in [-0.1, -0.05) is 26.0 Å². The summed E-state index contributed by atoms with van der Waals surface area (Å²) in [4.78, 5) is 14.3. The maximum atomic E-state index is 11.9. The highest BCUT2D eigenvalue weighted by Gasteiger charge is 2.35. The lowest BCUT2D eigenvalue weighted by atomic mass is 9.91. The third-order valence-corrected chi connectivity index (χ3v) is 4.93. The van der Waals surface area contributed by atoms with Gasteiger partial charge in [0.1, 0.15) is 0 Å². The molecule has 2 atom stereocenters. The average molecular weight is 368 g/mol. The average Bonchev–Trinajstić information content (AvgIpc) is 2.90. The summed E-state index contributed by atoms with van der Waals surface area (Å²) >= 11 is 1.55. The molecular formula is C18H26ClN3OS. The molecule has 6 heteroatoms. The second-order valence-electron chi connectivity index (χ2n) is 6.52. The van der Waals surface area contributed by atoms with Crippen LogP contribution in [0.1, 0.15) is 25.0 Å². The van der Waals surface area contributed by atoms with Gasteiger partial charge in [-0.05, 0) is 35.8 Å². The molecule has 132 valence electrons. The fraction of sp³-hybridized carbons (Fsp3) is 0.556. The van der Waals surface area contributed by atoms with Crippen LogP contribution in [0.2, 0.25) is 0 Å². The Kier molecular flexibility index (Phi) is 8.61. The highest BCUT2D eigenvalue weighted by Crippen LogP contribution is 2.26. The number of nitriles is 1. The molecule has 2 rings (SSSR count). The number of likely N-dealkylation sites (tertiary alicyclic amines) is 1. The lowest BCUT2D eigenvalue weighted by Gasteiger charge is -2.22. The number of hydrogen-bond acceptors (Lipinski definition) is 4. The van der Waals surface area contributed by atoms with E-state index in [9.17, 15) is 4.79 Å². The number of thioether (sulfide) groups is 1. The summed E-state index contributed by atoms with van der Waals surface area (Å²) in [5, 5.41) is 12.2. The third-order valence-electron chi connectivity index (χ3n) is 4.38. The second-order valence-corrected chi connectivity index (χ2v) is 7.39. The van der Waals surface area contributed by atoms with Crippen molar-refractivity contribution in [2.24, 2.45) is 11.8 Å². The Morgan fingerprint density at radius 3 is 2.83 bits per heavy atom. The first-order chi connectivity index (χ1) is 11.0. The molecule has 4 nitrogen and oxygen atoms in total. The molecule has 0 unspecified atom stereocenters. The summed E-state index contributed by atoms with van der Waals surface area (Å²) < 4.78 is 0. The predicted octanol–water partition coefficient (Wildman–Crippen LogP) is 2.92. The van der Waals surface area contributed by atoms with E-state index in [0.717, 1.165) is 25.2 Å².